The SMILES string of the molecule is CCc1noc([C@H]2CCCCN2C(=O)/C=C/c2cccc(OC)c2)n1. The summed E-state index contributed by atoms with van der Waals surface area (Å²) in [4.78, 5) is 18.9. The summed E-state index contributed by atoms with van der Waals surface area (Å²) in [6.07, 6.45) is 7.03. The lowest BCUT2D eigenvalue weighted by Crippen LogP contribution is -2.37. The fraction of sp³-hybridized carbons (Fsp3) is 0.421. The highest BCUT2D eigenvalue weighted by atomic mass is 16.5. The summed E-state index contributed by atoms with van der Waals surface area (Å²) in [6, 6.07) is 7.47. The van der Waals surface area contributed by atoms with Gasteiger partial charge in [0.25, 0.3) is 0 Å². The number of piperidine rings is 1. The molecule has 0 radical (unpaired) electrons. The van der Waals surface area contributed by atoms with Crippen LogP contribution in [0.5, 0.6) is 5.75 Å². The molecule has 0 saturated carbocycles. The Bertz CT molecular complexity index is 754. The van der Waals surface area contributed by atoms with Crippen molar-refractivity contribution < 1.29 is 14.1 Å². The van der Waals surface area contributed by atoms with Gasteiger partial charge in [-0.1, -0.05) is 24.2 Å². The summed E-state index contributed by atoms with van der Waals surface area (Å²) >= 11 is 0. The molecule has 3 rings (SSSR count). The Morgan fingerprint density at radius 1 is 1.44 bits per heavy atom. The van der Waals surface area contributed by atoms with Crippen molar-refractivity contribution in [2.24, 2.45) is 0 Å². The lowest BCUT2D eigenvalue weighted by molar-refractivity contribution is -0.130. The maximum Gasteiger partial charge on any atom is 0.249 e. The molecular weight excluding hydrogens is 318 g/mol. The Labute approximate surface area is 147 Å². The van der Waals surface area contributed by atoms with Crippen molar-refractivity contribution in [1.82, 2.24) is 15.0 Å². The number of benzene rings is 1. The molecule has 0 unspecified atom stereocenters. The number of carbonyl (C=O) groups excluding carboxylic acids is 1. The summed E-state index contributed by atoms with van der Waals surface area (Å²) < 4.78 is 10.6. The molecule has 0 N–H and O–H groups in total. The van der Waals surface area contributed by atoms with Crippen molar-refractivity contribution in [3.63, 3.8) is 0 Å². The Balaban J connectivity index is 1.75. The van der Waals surface area contributed by atoms with Gasteiger partial charge in [0.2, 0.25) is 11.8 Å². The molecule has 1 atom stereocenters. The van der Waals surface area contributed by atoms with E-state index in [0.717, 1.165) is 37.0 Å². The minimum atomic E-state index is -0.135. The van der Waals surface area contributed by atoms with Crippen LogP contribution in [-0.4, -0.2) is 34.6 Å². The first-order valence-electron chi connectivity index (χ1n) is 8.66. The van der Waals surface area contributed by atoms with E-state index >= 15 is 0 Å². The highest BCUT2D eigenvalue weighted by Crippen LogP contribution is 2.30. The molecule has 25 heavy (non-hydrogen) atoms. The van der Waals surface area contributed by atoms with Gasteiger partial charge in [0.05, 0.1) is 7.11 Å². The molecule has 1 aliphatic heterocycles. The number of ether oxygens (including phenoxy) is 1. The average Bonchev–Trinajstić information content (AvgIpc) is 3.15. The number of amides is 1. The Morgan fingerprint density at radius 3 is 3.08 bits per heavy atom. The van der Waals surface area contributed by atoms with E-state index in [9.17, 15) is 4.79 Å². The van der Waals surface area contributed by atoms with E-state index in [1.807, 2.05) is 42.2 Å². The van der Waals surface area contributed by atoms with Gasteiger partial charge in [-0.15, -0.1) is 0 Å². The van der Waals surface area contributed by atoms with Crippen LogP contribution in [0.3, 0.4) is 0 Å². The molecule has 6 heteroatoms. The molecule has 1 fully saturated rings. The molecule has 0 aliphatic carbocycles. The maximum atomic E-state index is 12.7. The maximum absolute atomic E-state index is 12.7. The van der Waals surface area contributed by atoms with E-state index in [-0.39, 0.29) is 11.9 Å². The minimum Gasteiger partial charge on any atom is -0.497 e. The standard InChI is InChI=1S/C19H23N3O3/c1-3-17-20-19(25-21-17)16-9-4-5-12-22(16)18(23)11-10-14-7-6-8-15(13-14)24-2/h6-8,10-11,13,16H,3-5,9,12H2,1-2H3/b11-10+/t16-/m1/s1. The van der Waals surface area contributed by atoms with Crippen molar-refractivity contribution in [1.29, 1.82) is 0 Å². The van der Waals surface area contributed by atoms with Crippen molar-refractivity contribution in [3.8, 4) is 5.75 Å². The van der Waals surface area contributed by atoms with Crippen LogP contribution < -0.4 is 4.74 Å². The van der Waals surface area contributed by atoms with E-state index in [1.54, 1.807) is 13.2 Å². The second-order valence-corrected chi connectivity index (χ2v) is 6.06. The second-order valence-electron chi connectivity index (χ2n) is 6.06. The van der Waals surface area contributed by atoms with Gasteiger partial charge < -0.3 is 14.2 Å². The predicted octanol–water partition coefficient (Wildman–Crippen LogP) is 3.41. The topological polar surface area (TPSA) is 68.5 Å². The average molecular weight is 341 g/mol. The summed E-state index contributed by atoms with van der Waals surface area (Å²) in [6.45, 7) is 2.69. The Morgan fingerprint density at radius 2 is 2.32 bits per heavy atom. The summed E-state index contributed by atoms with van der Waals surface area (Å²) in [5.74, 6) is 1.95. The first-order valence-corrected chi connectivity index (χ1v) is 8.66. The molecule has 0 spiro atoms. The Hall–Kier alpha value is -2.63. The lowest BCUT2D eigenvalue weighted by atomic mass is 10.0. The lowest BCUT2D eigenvalue weighted by Gasteiger charge is -2.32. The van der Waals surface area contributed by atoms with Crippen LogP contribution in [0.25, 0.3) is 6.08 Å². The molecule has 1 amide bonds. The van der Waals surface area contributed by atoms with E-state index < -0.39 is 0 Å². The van der Waals surface area contributed by atoms with Crippen molar-refractivity contribution in [3.05, 3.63) is 47.6 Å². The van der Waals surface area contributed by atoms with Gasteiger partial charge in [-0.3, -0.25) is 4.79 Å². The minimum absolute atomic E-state index is 0.0382. The van der Waals surface area contributed by atoms with Crippen molar-refractivity contribution >= 4 is 12.0 Å². The van der Waals surface area contributed by atoms with E-state index in [1.165, 1.54) is 0 Å². The molecule has 1 saturated heterocycles. The van der Waals surface area contributed by atoms with Crippen molar-refractivity contribution in [2.75, 3.05) is 13.7 Å². The molecule has 6 nitrogen and oxygen atoms in total. The number of rotatable bonds is 5. The third-order valence-electron chi connectivity index (χ3n) is 4.38. The highest BCUT2D eigenvalue weighted by Gasteiger charge is 2.31. The van der Waals surface area contributed by atoms with E-state index in [4.69, 9.17) is 9.26 Å². The van der Waals surface area contributed by atoms with Gasteiger partial charge >= 0.3 is 0 Å². The van der Waals surface area contributed by atoms with Gasteiger partial charge in [0.1, 0.15) is 11.8 Å². The number of hydrogen-bond acceptors (Lipinski definition) is 5. The van der Waals surface area contributed by atoms with Gasteiger partial charge in [-0.05, 0) is 43.0 Å². The van der Waals surface area contributed by atoms with Gasteiger partial charge in [0.15, 0.2) is 5.82 Å². The van der Waals surface area contributed by atoms with Crippen LogP contribution >= 0.6 is 0 Å². The zero-order valence-corrected chi connectivity index (χ0v) is 14.6. The molecule has 0 bridgehead atoms. The summed E-state index contributed by atoms with van der Waals surface area (Å²) in [5, 5.41) is 3.96. The van der Waals surface area contributed by atoms with E-state index in [2.05, 4.69) is 10.1 Å². The third kappa shape index (κ3) is 4.07. The predicted molar refractivity (Wildman–Crippen MR) is 94.0 cm³/mol. The van der Waals surface area contributed by atoms with Gasteiger partial charge in [-0.2, -0.15) is 4.98 Å². The molecule has 1 aromatic heterocycles. The van der Waals surface area contributed by atoms with Crippen LogP contribution in [-0.2, 0) is 11.2 Å². The van der Waals surface area contributed by atoms with Crippen LogP contribution in [0.4, 0.5) is 0 Å². The number of likely N-dealkylation sites (tertiary alicyclic amines) is 1. The fourth-order valence-electron chi connectivity index (χ4n) is 3.01. The largest absolute Gasteiger partial charge is 0.497 e. The van der Waals surface area contributed by atoms with Gasteiger partial charge in [-0.25, -0.2) is 0 Å². The number of methoxy groups -OCH3 is 1. The van der Waals surface area contributed by atoms with Crippen LogP contribution in [0, 0.1) is 0 Å². The summed E-state index contributed by atoms with van der Waals surface area (Å²) in [5.41, 5.74) is 0.923. The molecular formula is C19H23N3O3. The molecule has 1 aliphatic rings. The quantitative estimate of drug-likeness (QED) is 0.780. The first-order chi connectivity index (χ1) is 12.2. The summed E-state index contributed by atoms with van der Waals surface area (Å²) in [7, 11) is 1.63. The Kier molecular flexibility index (Phi) is 5.48. The van der Waals surface area contributed by atoms with Crippen LogP contribution in [0.1, 0.15) is 49.5 Å². The molecule has 2 aromatic rings. The molecule has 2 heterocycles. The first kappa shape index (κ1) is 17.2. The monoisotopic (exact) mass is 341 g/mol. The third-order valence-corrected chi connectivity index (χ3v) is 4.38. The number of carbonyl (C=O) groups is 1. The smallest absolute Gasteiger partial charge is 0.249 e. The van der Waals surface area contributed by atoms with Gasteiger partial charge in [0, 0.05) is 19.0 Å². The highest BCUT2D eigenvalue weighted by molar-refractivity contribution is 5.92. The van der Waals surface area contributed by atoms with Crippen LogP contribution in [0.2, 0.25) is 0 Å². The number of aromatic nitrogens is 2. The number of hydrogen-bond donors (Lipinski definition) is 0. The van der Waals surface area contributed by atoms with E-state index in [0.29, 0.717) is 18.3 Å². The normalized spacial score (nSPS) is 17.8. The zero-order valence-electron chi connectivity index (χ0n) is 14.6. The second kappa shape index (κ2) is 7.96. The van der Waals surface area contributed by atoms with Crippen molar-refractivity contribution in [2.45, 2.75) is 38.6 Å². The fourth-order valence-corrected chi connectivity index (χ4v) is 3.01. The molecule has 132 valence electrons. The zero-order chi connectivity index (χ0) is 17.6. The van der Waals surface area contributed by atoms with Crippen LogP contribution in [0.15, 0.2) is 34.9 Å². The molecule has 1 aromatic carbocycles. The number of nitrogens with zero attached hydrogens (tertiary/aromatic N) is 3. The number of aryl methyl sites for hydroxylation is 1.